The van der Waals surface area contributed by atoms with E-state index in [1.165, 1.54) is 0 Å². The van der Waals surface area contributed by atoms with Crippen molar-refractivity contribution in [1.82, 2.24) is 0 Å². The van der Waals surface area contributed by atoms with Gasteiger partial charge in [-0.2, -0.15) is 0 Å². The van der Waals surface area contributed by atoms with E-state index < -0.39 is 0 Å². The molecule has 0 aromatic heterocycles. The van der Waals surface area contributed by atoms with Crippen molar-refractivity contribution in [3.05, 3.63) is 58.6 Å². The molecule has 2 rings (SSSR count). The molecule has 2 aromatic carbocycles. The minimum atomic E-state index is 0.307. The molecule has 0 bridgehead atoms. The van der Waals surface area contributed by atoms with E-state index in [0.717, 1.165) is 21.8 Å². The Morgan fingerprint density at radius 1 is 1.18 bits per heavy atom. The molecule has 0 atom stereocenters. The summed E-state index contributed by atoms with van der Waals surface area (Å²) in [6.07, 6.45) is 0. The van der Waals surface area contributed by atoms with Crippen molar-refractivity contribution in [2.24, 2.45) is 0 Å². The average Bonchev–Trinajstić information content (AvgIpc) is 2.31. The van der Waals surface area contributed by atoms with Crippen LogP contribution in [0.15, 0.2) is 42.5 Å². The van der Waals surface area contributed by atoms with Gasteiger partial charge in [0.15, 0.2) is 0 Å². The Bertz CT molecular complexity index is 525. The summed E-state index contributed by atoms with van der Waals surface area (Å²) < 4.78 is 0. The lowest BCUT2D eigenvalue weighted by Gasteiger charge is -2.08. The first kappa shape index (κ1) is 11.8. The lowest BCUT2D eigenvalue weighted by molar-refractivity contribution is 0.471. The summed E-state index contributed by atoms with van der Waals surface area (Å²) in [7, 11) is 0. The second-order valence-corrected chi connectivity index (χ2v) is 4.42. The summed E-state index contributed by atoms with van der Waals surface area (Å²) in [5.41, 5.74) is 2.88. The van der Waals surface area contributed by atoms with Gasteiger partial charge in [-0.05, 0) is 36.2 Å². The van der Waals surface area contributed by atoms with Crippen LogP contribution >= 0.6 is 11.6 Å². The van der Waals surface area contributed by atoms with Gasteiger partial charge in [0.2, 0.25) is 0 Å². The Kier molecular flexibility index (Phi) is 3.55. The SMILES string of the molecule is Cc1ccc(NCc2cccc(Cl)c2)cc1O. The maximum absolute atomic E-state index is 9.58. The fourth-order valence-electron chi connectivity index (χ4n) is 1.57. The van der Waals surface area contributed by atoms with Gasteiger partial charge in [0, 0.05) is 23.3 Å². The number of aromatic hydroxyl groups is 1. The molecule has 0 radical (unpaired) electrons. The average molecular weight is 248 g/mol. The number of aryl methyl sites for hydroxylation is 1. The van der Waals surface area contributed by atoms with Crippen molar-refractivity contribution in [2.75, 3.05) is 5.32 Å². The second-order valence-electron chi connectivity index (χ2n) is 3.98. The minimum Gasteiger partial charge on any atom is -0.508 e. The predicted molar refractivity (Wildman–Crippen MR) is 71.6 cm³/mol. The number of halogens is 1. The molecule has 0 aliphatic rings. The van der Waals surface area contributed by atoms with E-state index in [4.69, 9.17) is 11.6 Å². The molecule has 0 unspecified atom stereocenters. The third-order valence-corrected chi connectivity index (χ3v) is 2.83. The van der Waals surface area contributed by atoms with E-state index in [1.54, 1.807) is 6.07 Å². The highest BCUT2D eigenvalue weighted by molar-refractivity contribution is 6.30. The van der Waals surface area contributed by atoms with Crippen LogP contribution in [0.5, 0.6) is 5.75 Å². The van der Waals surface area contributed by atoms with Crippen LogP contribution in [-0.4, -0.2) is 5.11 Å². The first-order chi connectivity index (χ1) is 8.15. The lowest BCUT2D eigenvalue weighted by atomic mass is 10.2. The normalized spacial score (nSPS) is 10.2. The molecule has 0 heterocycles. The van der Waals surface area contributed by atoms with Crippen molar-refractivity contribution in [2.45, 2.75) is 13.5 Å². The van der Waals surface area contributed by atoms with Gasteiger partial charge < -0.3 is 10.4 Å². The van der Waals surface area contributed by atoms with Crippen LogP contribution in [0.4, 0.5) is 5.69 Å². The van der Waals surface area contributed by atoms with Gasteiger partial charge in [0.05, 0.1) is 0 Å². The van der Waals surface area contributed by atoms with E-state index in [1.807, 2.05) is 43.3 Å². The van der Waals surface area contributed by atoms with Crippen LogP contribution in [-0.2, 0) is 6.54 Å². The van der Waals surface area contributed by atoms with Gasteiger partial charge in [-0.15, -0.1) is 0 Å². The van der Waals surface area contributed by atoms with Crippen molar-refractivity contribution in [1.29, 1.82) is 0 Å². The summed E-state index contributed by atoms with van der Waals surface area (Å²) >= 11 is 5.90. The van der Waals surface area contributed by atoms with Crippen LogP contribution in [0.1, 0.15) is 11.1 Å². The molecule has 17 heavy (non-hydrogen) atoms. The Labute approximate surface area is 106 Å². The molecule has 0 saturated carbocycles. The van der Waals surface area contributed by atoms with Crippen LogP contribution in [0.3, 0.4) is 0 Å². The monoisotopic (exact) mass is 247 g/mol. The molecule has 0 saturated heterocycles. The molecule has 3 heteroatoms. The number of phenolic OH excluding ortho intramolecular Hbond substituents is 1. The Balaban J connectivity index is 2.05. The maximum atomic E-state index is 9.58. The van der Waals surface area contributed by atoms with Crippen molar-refractivity contribution in [3.63, 3.8) is 0 Å². The number of phenols is 1. The number of benzene rings is 2. The zero-order valence-corrected chi connectivity index (χ0v) is 10.3. The fraction of sp³-hybridized carbons (Fsp3) is 0.143. The number of hydrogen-bond acceptors (Lipinski definition) is 2. The fourth-order valence-corrected chi connectivity index (χ4v) is 1.78. The molecule has 2 nitrogen and oxygen atoms in total. The van der Waals surface area contributed by atoms with Crippen LogP contribution in [0.25, 0.3) is 0 Å². The third-order valence-electron chi connectivity index (χ3n) is 2.59. The number of anilines is 1. The summed E-state index contributed by atoms with van der Waals surface area (Å²) in [5.74, 6) is 0.307. The van der Waals surface area contributed by atoms with Gasteiger partial charge in [0.25, 0.3) is 0 Å². The number of nitrogens with one attached hydrogen (secondary N) is 1. The Hall–Kier alpha value is -1.67. The Morgan fingerprint density at radius 2 is 2.00 bits per heavy atom. The highest BCUT2D eigenvalue weighted by Crippen LogP contribution is 2.21. The molecule has 2 aromatic rings. The quantitative estimate of drug-likeness (QED) is 0.860. The number of hydrogen-bond donors (Lipinski definition) is 2. The zero-order chi connectivity index (χ0) is 12.3. The van der Waals surface area contributed by atoms with Gasteiger partial charge in [-0.3, -0.25) is 0 Å². The molecule has 88 valence electrons. The second kappa shape index (κ2) is 5.11. The summed E-state index contributed by atoms with van der Waals surface area (Å²) in [6.45, 7) is 2.55. The standard InChI is InChI=1S/C14H14ClNO/c1-10-5-6-13(8-14(10)17)16-9-11-3-2-4-12(15)7-11/h2-8,16-17H,9H2,1H3. The smallest absolute Gasteiger partial charge is 0.120 e. The Morgan fingerprint density at radius 3 is 2.71 bits per heavy atom. The molecular weight excluding hydrogens is 234 g/mol. The first-order valence-electron chi connectivity index (χ1n) is 5.43. The van der Waals surface area contributed by atoms with E-state index in [9.17, 15) is 5.11 Å². The van der Waals surface area contributed by atoms with Crippen LogP contribution < -0.4 is 5.32 Å². The van der Waals surface area contributed by atoms with E-state index in [-0.39, 0.29) is 0 Å². The molecule has 0 amide bonds. The van der Waals surface area contributed by atoms with Crippen molar-refractivity contribution < 1.29 is 5.11 Å². The highest BCUT2D eigenvalue weighted by atomic mass is 35.5. The highest BCUT2D eigenvalue weighted by Gasteiger charge is 1.99. The zero-order valence-electron chi connectivity index (χ0n) is 9.57. The van der Waals surface area contributed by atoms with Gasteiger partial charge in [-0.25, -0.2) is 0 Å². The minimum absolute atomic E-state index is 0.307. The molecule has 0 aliphatic carbocycles. The molecule has 2 N–H and O–H groups in total. The molecular formula is C14H14ClNO. The lowest BCUT2D eigenvalue weighted by Crippen LogP contribution is -1.99. The predicted octanol–water partition coefficient (Wildman–Crippen LogP) is 3.97. The summed E-state index contributed by atoms with van der Waals surface area (Å²) in [6, 6.07) is 13.2. The molecule has 0 fully saturated rings. The van der Waals surface area contributed by atoms with Crippen LogP contribution in [0.2, 0.25) is 5.02 Å². The summed E-state index contributed by atoms with van der Waals surface area (Å²) in [4.78, 5) is 0. The number of rotatable bonds is 3. The summed E-state index contributed by atoms with van der Waals surface area (Å²) in [5, 5.41) is 13.6. The van der Waals surface area contributed by atoms with Gasteiger partial charge in [0.1, 0.15) is 5.75 Å². The molecule has 0 aliphatic heterocycles. The van der Waals surface area contributed by atoms with Crippen molar-refractivity contribution in [3.8, 4) is 5.75 Å². The van der Waals surface area contributed by atoms with Gasteiger partial charge >= 0.3 is 0 Å². The third kappa shape index (κ3) is 3.14. The van der Waals surface area contributed by atoms with Crippen molar-refractivity contribution >= 4 is 17.3 Å². The van der Waals surface area contributed by atoms with E-state index >= 15 is 0 Å². The maximum Gasteiger partial charge on any atom is 0.120 e. The van der Waals surface area contributed by atoms with E-state index in [2.05, 4.69) is 5.32 Å². The van der Waals surface area contributed by atoms with Crippen LogP contribution in [0, 0.1) is 6.92 Å². The molecule has 0 spiro atoms. The first-order valence-corrected chi connectivity index (χ1v) is 5.81. The van der Waals surface area contributed by atoms with E-state index in [0.29, 0.717) is 12.3 Å². The van der Waals surface area contributed by atoms with Gasteiger partial charge in [-0.1, -0.05) is 29.8 Å². The topological polar surface area (TPSA) is 32.3 Å². The largest absolute Gasteiger partial charge is 0.508 e.